The maximum Gasteiger partial charge on any atom is 0.119 e. The molecule has 1 aliphatic heterocycles. The summed E-state index contributed by atoms with van der Waals surface area (Å²) >= 11 is 7.03. The molecule has 0 amide bonds. The molecule has 1 atom stereocenters. The van der Waals surface area contributed by atoms with E-state index in [1.807, 2.05) is 12.1 Å². The Morgan fingerprint density at radius 1 is 1.25 bits per heavy atom. The molecule has 1 aromatic rings. The molecule has 1 aliphatic carbocycles. The molecule has 0 radical (unpaired) electrons. The van der Waals surface area contributed by atoms with Gasteiger partial charge in [-0.3, -0.25) is 0 Å². The van der Waals surface area contributed by atoms with E-state index in [0.29, 0.717) is 6.61 Å². The molecule has 0 bridgehead atoms. The van der Waals surface area contributed by atoms with Gasteiger partial charge >= 0.3 is 0 Å². The van der Waals surface area contributed by atoms with Crippen LogP contribution in [0.1, 0.15) is 44.1 Å². The average Bonchev–Trinajstić information content (AvgIpc) is 3.09. The van der Waals surface area contributed by atoms with E-state index in [1.54, 1.807) is 0 Å². The highest BCUT2D eigenvalue weighted by Gasteiger charge is 2.42. The highest BCUT2D eigenvalue weighted by Crippen LogP contribution is 2.43. The van der Waals surface area contributed by atoms with Gasteiger partial charge < -0.3 is 9.47 Å². The van der Waals surface area contributed by atoms with Crippen LogP contribution in [0.25, 0.3) is 0 Å². The van der Waals surface area contributed by atoms with Crippen LogP contribution in [0.4, 0.5) is 0 Å². The van der Waals surface area contributed by atoms with Gasteiger partial charge in [-0.25, -0.2) is 0 Å². The van der Waals surface area contributed by atoms with Crippen LogP contribution >= 0.6 is 31.9 Å². The maximum atomic E-state index is 6.27. The van der Waals surface area contributed by atoms with Gasteiger partial charge in [0.25, 0.3) is 0 Å². The molecule has 4 heteroatoms. The van der Waals surface area contributed by atoms with Gasteiger partial charge in [-0.05, 0) is 49.4 Å². The highest BCUT2D eigenvalue weighted by molar-refractivity contribution is 9.10. The minimum atomic E-state index is 0.203. The van der Waals surface area contributed by atoms with E-state index in [4.69, 9.17) is 9.47 Å². The van der Waals surface area contributed by atoms with Crippen LogP contribution in [0.5, 0.6) is 5.75 Å². The second-order valence-corrected chi connectivity index (χ2v) is 7.28. The SMILES string of the molecule is BrCc1cc(OCC2CCC3(CCCC3)O2)ccc1Br. The van der Waals surface area contributed by atoms with E-state index < -0.39 is 0 Å². The third-order valence-electron chi connectivity index (χ3n) is 4.45. The Bertz CT molecular complexity index is 470. The second kappa shape index (κ2) is 6.37. The Hall–Kier alpha value is -0.0600. The summed E-state index contributed by atoms with van der Waals surface area (Å²) in [5.41, 5.74) is 1.41. The van der Waals surface area contributed by atoms with E-state index in [1.165, 1.54) is 37.7 Å². The summed E-state index contributed by atoms with van der Waals surface area (Å²) in [5, 5.41) is 0.827. The Morgan fingerprint density at radius 2 is 2.05 bits per heavy atom. The summed E-state index contributed by atoms with van der Waals surface area (Å²) < 4.78 is 13.3. The topological polar surface area (TPSA) is 18.5 Å². The Balaban J connectivity index is 1.55. The summed E-state index contributed by atoms with van der Waals surface area (Å²) in [4.78, 5) is 0. The van der Waals surface area contributed by atoms with Gasteiger partial charge in [0.15, 0.2) is 0 Å². The summed E-state index contributed by atoms with van der Waals surface area (Å²) in [7, 11) is 0. The molecule has 1 heterocycles. The third-order valence-corrected chi connectivity index (χ3v) is 5.83. The Morgan fingerprint density at radius 3 is 2.80 bits per heavy atom. The lowest BCUT2D eigenvalue weighted by molar-refractivity contribution is -0.0508. The summed E-state index contributed by atoms with van der Waals surface area (Å²) in [6.45, 7) is 0.672. The fraction of sp³-hybridized carbons (Fsp3) is 0.625. The normalized spacial score (nSPS) is 24.4. The lowest BCUT2D eigenvalue weighted by Crippen LogP contribution is -2.27. The zero-order valence-corrected chi connectivity index (χ0v) is 14.7. The summed E-state index contributed by atoms with van der Waals surface area (Å²) in [5.74, 6) is 0.929. The second-order valence-electron chi connectivity index (χ2n) is 5.87. The lowest BCUT2D eigenvalue weighted by Gasteiger charge is -2.23. The van der Waals surface area contributed by atoms with Crippen molar-refractivity contribution in [2.24, 2.45) is 0 Å². The number of alkyl halides is 1. The molecule has 2 aliphatic rings. The summed E-state index contributed by atoms with van der Waals surface area (Å²) in [6, 6.07) is 6.13. The van der Waals surface area contributed by atoms with Crippen molar-refractivity contribution in [1.29, 1.82) is 0 Å². The van der Waals surface area contributed by atoms with Gasteiger partial charge in [0.1, 0.15) is 12.4 Å². The number of halogens is 2. The van der Waals surface area contributed by atoms with E-state index in [-0.39, 0.29) is 11.7 Å². The fourth-order valence-electron chi connectivity index (χ4n) is 3.33. The molecule has 3 rings (SSSR count). The van der Waals surface area contributed by atoms with Crippen LogP contribution in [0, 0.1) is 0 Å². The van der Waals surface area contributed by atoms with Crippen molar-refractivity contribution in [3.63, 3.8) is 0 Å². The van der Waals surface area contributed by atoms with Crippen LogP contribution < -0.4 is 4.74 Å². The number of hydrogen-bond acceptors (Lipinski definition) is 2. The molecular weight excluding hydrogens is 384 g/mol. The molecule has 2 fully saturated rings. The first kappa shape index (κ1) is 14.9. The number of ether oxygens (including phenoxy) is 2. The zero-order chi connectivity index (χ0) is 14.0. The van der Waals surface area contributed by atoms with Crippen molar-refractivity contribution < 1.29 is 9.47 Å². The van der Waals surface area contributed by atoms with E-state index in [2.05, 4.69) is 37.9 Å². The van der Waals surface area contributed by atoms with Gasteiger partial charge in [-0.2, -0.15) is 0 Å². The van der Waals surface area contributed by atoms with Crippen molar-refractivity contribution in [3.8, 4) is 5.75 Å². The van der Waals surface area contributed by atoms with Crippen LogP contribution in [0.3, 0.4) is 0 Å². The molecular formula is C16H20Br2O2. The molecule has 1 unspecified atom stereocenters. The quantitative estimate of drug-likeness (QED) is 0.642. The molecule has 1 saturated carbocycles. The van der Waals surface area contributed by atoms with E-state index in [9.17, 15) is 0 Å². The van der Waals surface area contributed by atoms with Gasteiger partial charge in [-0.1, -0.05) is 44.7 Å². The number of hydrogen-bond donors (Lipinski definition) is 0. The molecule has 1 saturated heterocycles. The standard InChI is InChI=1S/C16H20Br2O2/c17-10-12-9-13(3-4-15(12)18)19-11-14-5-8-16(20-14)6-1-2-7-16/h3-4,9,14H,1-2,5-8,10-11H2. The largest absolute Gasteiger partial charge is 0.491 e. The summed E-state index contributed by atoms with van der Waals surface area (Å²) in [6.07, 6.45) is 7.77. The van der Waals surface area contributed by atoms with Crippen LogP contribution in [-0.4, -0.2) is 18.3 Å². The Kier molecular flexibility index (Phi) is 4.73. The first-order valence-corrected chi connectivity index (χ1v) is 9.27. The van der Waals surface area contributed by atoms with Crippen molar-refractivity contribution in [1.82, 2.24) is 0 Å². The van der Waals surface area contributed by atoms with Crippen molar-refractivity contribution in [2.75, 3.05) is 6.61 Å². The fourth-order valence-corrected chi connectivity index (χ4v) is 4.56. The minimum Gasteiger partial charge on any atom is -0.491 e. The Labute approximate surface area is 137 Å². The van der Waals surface area contributed by atoms with Gasteiger partial charge in [0.05, 0.1) is 11.7 Å². The first-order valence-electron chi connectivity index (χ1n) is 7.36. The molecule has 110 valence electrons. The maximum absolute atomic E-state index is 6.27. The third kappa shape index (κ3) is 3.23. The minimum absolute atomic E-state index is 0.203. The lowest BCUT2D eigenvalue weighted by atomic mass is 9.98. The van der Waals surface area contributed by atoms with Crippen LogP contribution in [0.15, 0.2) is 22.7 Å². The van der Waals surface area contributed by atoms with Gasteiger partial charge in [-0.15, -0.1) is 0 Å². The van der Waals surface area contributed by atoms with Crippen LogP contribution in [-0.2, 0) is 10.1 Å². The van der Waals surface area contributed by atoms with Gasteiger partial charge in [0, 0.05) is 9.80 Å². The predicted octanol–water partition coefficient (Wildman–Crippen LogP) is 5.21. The number of benzene rings is 1. The zero-order valence-electron chi connectivity index (χ0n) is 11.5. The average molecular weight is 404 g/mol. The van der Waals surface area contributed by atoms with Gasteiger partial charge in [0.2, 0.25) is 0 Å². The van der Waals surface area contributed by atoms with Crippen LogP contribution in [0.2, 0.25) is 0 Å². The molecule has 0 aromatic heterocycles. The molecule has 1 aromatic carbocycles. The van der Waals surface area contributed by atoms with Crippen molar-refractivity contribution in [2.45, 2.75) is 55.6 Å². The molecule has 0 N–H and O–H groups in total. The highest BCUT2D eigenvalue weighted by atomic mass is 79.9. The number of rotatable bonds is 4. The molecule has 2 nitrogen and oxygen atoms in total. The smallest absolute Gasteiger partial charge is 0.119 e. The molecule has 1 spiro atoms. The van der Waals surface area contributed by atoms with Crippen molar-refractivity contribution >= 4 is 31.9 Å². The predicted molar refractivity (Wildman–Crippen MR) is 87.6 cm³/mol. The first-order chi connectivity index (χ1) is 9.71. The molecule has 20 heavy (non-hydrogen) atoms. The van der Waals surface area contributed by atoms with E-state index in [0.717, 1.165) is 22.0 Å². The van der Waals surface area contributed by atoms with Crippen molar-refractivity contribution in [3.05, 3.63) is 28.2 Å². The monoisotopic (exact) mass is 402 g/mol. The van der Waals surface area contributed by atoms with E-state index >= 15 is 0 Å².